The Morgan fingerprint density at radius 3 is 2.74 bits per heavy atom. The van der Waals surface area contributed by atoms with E-state index in [1.807, 2.05) is 6.07 Å². The monoisotopic (exact) mass is 278 g/mol. The van der Waals surface area contributed by atoms with Gasteiger partial charge in [0.1, 0.15) is 11.8 Å². The van der Waals surface area contributed by atoms with Crippen LogP contribution in [0, 0.1) is 17.2 Å². The van der Waals surface area contributed by atoms with E-state index in [2.05, 4.69) is 19.2 Å². The minimum Gasteiger partial charge on any atom is -0.324 e. The van der Waals surface area contributed by atoms with E-state index in [9.17, 15) is 9.00 Å². The van der Waals surface area contributed by atoms with Crippen LogP contribution in [0.4, 0.5) is 5.69 Å². The summed E-state index contributed by atoms with van der Waals surface area (Å²) in [6.07, 6.45) is 0.842. The molecule has 102 valence electrons. The molecule has 4 nitrogen and oxygen atoms in total. The van der Waals surface area contributed by atoms with E-state index in [1.165, 1.54) is 0 Å². The van der Waals surface area contributed by atoms with Crippen LogP contribution in [0.1, 0.15) is 25.8 Å². The highest BCUT2D eigenvalue weighted by molar-refractivity contribution is 7.85. The fourth-order valence-electron chi connectivity index (χ4n) is 1.46. The summed E-state index contributed by atoms with van der Waals surface area (Å²) < 4.78 is 11.7. The summed E-state index contributed by atoms with van der Waals surface area (Å²) in [6, 6.07) is 8.77. The lowest BCUT2D eigenvalue weighted by Crippen LogP contribution is -2.21. The van der Waals surface area contributed by atoms with Crippen LogP contribution in [0.15, 0.2) is 24.3 Å². The molecule has 19 heavy (non-hydrogen) atoms. The van der Waals surface area contributed by atoms with Gasteiger partial charge in [-0.05, 0) is 24.5 Å². The van der Waals surface area contributed by atoms with Crippen LogP contribution in [0.5, 0.6) is 0 Å². The third-order valence-corrected chi connectivity index (χ3v) is 3.81. The average Bonchev–Trinajstić information content (AvgIpc) is 2.37. The van der Waals surface area contributed by atoms with Gasteiger partial charge in [-0.25, -0.2) is 0 Å². The summed E-state index contributed by atoms with van der Waals surface area (Å²) in [7, 11) is -1.15. The van der Waals surface area contributed by atoms with E-state index in [0.29, 0.717) is 22.9 Å². The highest BCUT2D eigenvalue weighted by Crippen LogP contribution is 2.13. The Morgan fingerprint density at radius 2 is 2.11 bits per heavy atom. The van der Waals surface area contributed by atoms with Crippen molar-refractivity contribution in [2.24, 2.45) is 5.92 Å². The third-order valence-electron chi connectivity index (χ3n) is 2.54. The van der Waals surface area contributed by atoms with E-state index in [0.717, 1.165) is 6.42 Å². The zero-order valence-electron chi connectivity index (χ0n) is 11.2. The molecule has 0 aromatic heterocycles. The Labute approximate surface area is 116 Å². The first-order chi connectivity index (χ1) is 9.02. The van der Waals surface area contributed by atoms with Crippen molar-refractivity contribution >= 4 is 22.4 Å². The number of nitrogens with one attached hydrogen (secondary N) is 1. The molecule has 0 bridgehead atoms. The molecular formula is C14H18N2O2S. The van der Waals surface area contributed by atoms with Gasteiger partial charge in [-0.2, -0.15) is 5.26 Å². The molecule has 1 rings (SSSR count). The van der Waals surface area contributed by atoms with Crippen LogP contribution in [0.2, 0.25) is 0 Å². The lowest BCUT2D eigenvalue weighted by atomic mass is 10.2. The molecule has 0 radical (unpaired) electrons. The molecule has 0 heterocycles. The maximum Gasteiger partial charge on any atom is 0.237 e. The van der Waals surface area contributed by atoms with Crippen molar-refractivity contribution in [3.8, 4) is 6.07 Å². The third kappa shape index (κ3) is 5.66. The van der Waals surface area contributed by atoms with Crippen LogP contribution in [-0.4, -0.2) is 21.6 Å². The molecular weight excluding hydrogens is 260 g/mol. The van der Waals surface area contributed by atoms with Crippen molar-refractivity contribution in [2.45, 2.75) is 20.3 Å². The second-order valence-corrected chi connectivity index (χ2v) is 6.25. The van der Waals surface area contributed by atoms with E-state index < -0.39 is 10.8 Å². The maximum absolute atomic E-state index is 11.7. The molecule has 1 aromatic rings. The summed E-state index contributed by atoms with van der Waals surface area (Å²) in [6.45, 7) is 4.11. The number of hydrogen-bond acceptors (Lipinski definition) is 3. The predicted octanol–water partition coefficient (Wildman–Crippen LogP) is 2.29. The minimum atomic E-state index is -1.15. The number of nitrogens with zero attached hydrogens (tertiary/aromatic N) is 1. The number of rotatable bonds is 6. The minimum absolute atomic E-state index is 0.0213. The number of carbonyl (C=O) groups excluding carboxylic acids is 1. The Hall–Kier alpha value is -1.67. The van der Waals surface area contributed by atoms with E-state index in [1.54, 1.807) is 24.3 Å². The van der Waals surface area contributed by atoms with Crippen LogP contribution >= 0.6 is 0 Å². The summed E-state index contributed by atoms with van der Waals surface area (Å²) in [4.78, 5) is 11.7. The topological polar surface area (TPSA) is 70.0 Å². The number of carbonyl (C=O) groups is 1. The molecule has 1 N–H and O–H groups in total. The second kappa shape index (κ2) is 7.70. The van der Waals surface area contributed by atoms with Gasteiger partial charge in [-0.1, -0.05) is 26.0 Å². The lowest BCUT2D eigenvalue weighted by Gasteiger charge is -2.07. The van der Waals surface area contributed by atoms with Gasteiger partial charge in [-0.15, -0.1) is 0 Å². The van der Waals surface area contributed by atoms with Crippen molar-refractivity contribution in [1.29, 1.82) is 5.26 Å². The van der Waals surface area contributed by atoms with Gasteiger partial charge in [-0.3, -0.25) is 9.00 Å². The molecule has 1 aromatic carbocycles. The number of anilines is 1. The summed E-state index contributed by atoms with van der Waals surface area (Å²) in [5.74, 6) is 0.674. The first-order valence-electron chi connectivity index (χ1n) is 6.17. The molecule has 0 saturated carbocycles. The van der Waals surface area contributed by atoms with Gasteiger partial charge in [0.05, 0.1) is 11.3 Å². The van der Waals surface area contributed by atoms with Crippen LogP contribution < -0.4 is 5.32 Å². The molecule has 0 aliphatic heterocycles. The summed E-state index contributed by atoms with van der Waals surface area (Å²) in [5.41, 5.74) is 0.875. The molecule has 5 heteroatoms. The van der Waals surface area contributed by atoms with Crippen molar-refractivity contribution in [3.05, 3.63) is 29.8 Å². The predicted molar refractivity (Wildman–Crippen MR) is 77.1 cm³/mol. The smallest absolute Gasteiger partial charge is 0.237 e. The SMILES string of the molecule is CC(C)CCS(=O)CC(=O)Nc1ccccc1C#N. The lowest BCUT2D eigenvalue weighted by molar-refractivity contribution is -0.113. The number of benzene rings is 1. The zero-order valence-corrected chi connectivity index (χ0v) is 12.0. The standard InChI is InChI=1S/C14H18N2O2S/c1-11(2)7-8-19(18)10-14(17)16-13-6-4-3-5-12(13)9-15/h3-6,11H,7-8,10H2,1-2H3,(H,16,17). The molecule has 0 spiro atoms. The van der Waals surface area contributed by atoms with Crippen molar-refractivity contribution in [1.82, 2.24) is 0 Å². The van der Waals surface area contributed by atoms with Gasteiger partial charge < -0.3 is 5.32 Å². The molecule has 0 aliphatic rings. The highest BCUT2D eigenvalue weighted by atomic mass is 32.2. The first kappa shape index (κ1) is 15.4. The van der Waals surface area contributed by atoms with Crippen LogP contribution in [-0.2, 0) is 15.6 Å². The number of hydrogen-bond donors (Lipinski definition) is 1. The molecule has 1 atom stereocenters. The largest absolute Gasteiger partial charge is 0.324 e. The van der Waals surface area contributed by atoms with Gasteiger partial charge in [0.15, 0.2) is 0 Å². The number of nitriles is 1. The summed E-state index contributed by atoms with van der Waals surface area (Å²) in [5, 5.41) is 11.5. The van der Waals surface area contributed by atoms with Crippen molar-refractivity contribution < 1.29 is 9.00 Å². The van der Waals surface area contributed by atoms with Crippen LogP contribution in [0.25, 0.3) is 0 Å². The van der Waals surface area contributed by atoms with Gasteiger partial charge in [0.25, 0.3) is 0 Å². The first-order valence-corrected chi connectivity index (χ1v) is 7.65. The Morgan fingerprint density at radius 1 is 1.42 bits per heavy atom. The Bertz CT molecular complexity index is 506. The highest BCUT2D eigenvalue weighted by Gasteiger charge is 2.10. The summed E-state index contributed by atoms with van der Waals surface area (Å²) >= 11 is 0. The molecule has 0 fully saturated rings. The quantitative estimate of drug-likeness (QED) is 0.868. The molecule has 0 saturated heterocycles. The van der Waals surface area contributed by atoms with Crippen molar-refractivity contribution in [3.63, 3.8) is 0 Å². The number of para-hydroxylation sites is 1. The van der Waals surface area contributed by atoms with E-state index >= 15 is 0 Å². The maximum atomic E-state index is 11.7. The normalized spacial score (nSPS) is 11.9. The number of amides is 1. The van der Waals surface area contributed by atoms with Crippen LogP contribution in [0.3, 0.4) is 0 Å². The fourth-order valence-corrected chi connectivity index (χ4v) is 2.70. The van der Waals surface area contributed by atoms with Crippen molar-refractivity contribution in [2.75, 3.05) is 16.8 Å². The second-order valence-electron chi connectivity index (χ2n) is 4.68. The average molecular weight is 278 g/mol. The van der Waals surface area contributed by atoms with Gasteiger partial charge >= 0.3 is 0 Å². The van der Waals surface area contributed by atoms with E-state index in [-0.39, 0.29) is 11.7 Å². The molecule has 1 amide bonds. The van der Waals surface area contributed by atoms with Gasteiger partial charge in [0, 0.05) is 16.6 Å². The molecule has 1 unspecified atom stereocenters. The Balaban J connectivity index is 2.52. The fraction of sp³-hybridized carbons (Fsp3) is 0.429. The van der Waals surface area contributed by atoms with Gasteiger partial charge in [0.2, 0.25) is 5.91 Å². The molecule has 0 aliphatic carbocycles. The zero-order chi connectivity index (χ0) is 14.3. The Kier molecular flexibility index (Phi) is 6.23. The van der Waals surface area contributed by atoms with E-state index in [4.69, 9.17) is 5.26 Å².